The maximum absolute atomic E-state index is 12.4. The molecule has 0 aliphatic heterocycles. The van der Waals surface area contributed by atoms with Crippen LogP contribution in [0.3, 0.4) is 0 Å². The van der Waals surface area contributed by atoms with Crippen LogP contribution in [0.5, 0.6) is 0 Å². The van der Waals surface area contributed by atoms with Gasteiger partial charge in [-0.1, -0.05) is 12.1 Å². The highest BCUT2D eigenvalue weighted by Crippen LogP contribution is 2.11. The molecule has 0 heterocycles. The molecule has 3 N–H and O–H groups in total. The number of hydrogen-bond donors (Lipinski definition) is 2. The molecule has 1 aromatic rings. The van der Waals surface area contributed by atoms with Crippen LogP contribution in [-0.2, 0) is 6.54 Å². The maximum Gasteiger partial charge on any atom is 0.312 e. The minimum absolute atomic E-state index is 0.0297. The van der Waals surface area contributed by atoms with Crippen molar-refractivity contribution in [3.8, 4) is 6.07 Å². The van der Waals surface area contributed by atoms with Gasteiger partial charge < -0.3 is 16.0 Å². The van der Waals surface area contributed by atoms with E-state index >= 15 is 0 Å². The molecule has 0 bridgehead atoms. The van der Waals surface area contributed by atoms with Crippen molar-refractivity contribution in [2.75, 3.05) is 6.54 Å². The van der Waals surface area contributed by atoms with E-state index in [0.717, 1.165) is 5.56 Å². The van der Waals surface area contributed by atoms with E-state index in [-0.39, 0.29) is 11.9 Å². The zero-order chi connectivity index (χ0) is 15.8. The van der Waals surface area contributed by atoms with Gasteiger partial charge in [0.1, 0.15) is 0 Å². The van der Waals surface area contributed by atoms with Gasteiger partial charge in [-0.15, -0.1) is 0 Å². The van der Waals surface area contributed by atoms with Crippen molar-refractivity contribution in [3.05, 3.63) is 35.4 Å². The summed E-state index contributed by atoms with van der Waals surface area (Å²) < 4.78 is 0. The van der Waals surface area contributed by atoms with Crippen molar-refractivity contribution >= 4 is 11.9 Å². The molecule has 3 amide bonds. The molecule has 0 saturated heterocycles. The van der Waals surface area contributed by atoms with E-state index in [4.69, 9.17) is 11.0 Å². The predicted octanol–water partition coefficient (Wildman–Crippen LogP) is 1.62. The predicted molar refractivity (Wildman–Crippen MR) is 79.3 cm³/mol. The monoisotopic (exact) mass is 288 g/mol. The van der Waals surface area contributed by atoms with E-state index in [9.17, 15) is 9.59 Å². The first-order chi connectivity index (χ1) is 9.95. The van der Waals surface area contributed by atoms with Crippen molar-refractivity contribution in [1.29, 1.82) is 5.26 Å². The van der Waals surface area contributed by atoms with E-state index in [2.05, 4.69) is 5.32 Å². The van der Waals surface area contributed by atoms with Gasteiger partial charge in [0.15, 0.2) is 0 Å². The lowest BCUT2D eigenvalue weighted by molar-refractivity contribution is 0.0710. The Bertz CT molecular complexity index is 532. The van der Waals surface area contributed by atoms with Crippen LogP contribution in [0.4, 0.5) is 4.79 Å². The van der Waals surface area contributed by atoms with Crippen molar-refractivity contribution in [3.63, 3.8) is 0 Å². The molecule has 21 heavy (non-hydrogen) atoms. The number of nitrogens with two attached hydrogens (primary N) is 1. The standard InChI is InChI=1S/C15H20N4O2/c1-11(2)19(9-3-8-16)14(20)13-6-4-12(5-7-13)10-18-15(17)21/h4-7,11H,3,9-10H2,1-2H3,(H3,17,18,21). The Balaban J connectivity index is 2.77. The fraction of sp³-hybridized carbons (Fsp3) is 0.400. The van der Waals surface area contributed by atoms with Gasteiger partial charge in [0, 0.05) is 24.7 Å². The molecule has 0 aromatic heterocycles. The number of carbonyl (C=O) groups excluding carboxylic acids is 2. The molecule has 0 unspecified atom stereocenters. The maximum atomic E-state index is 12.4. The highest BCUT2D eigenvalue weighted by Gasteiger charge is 2.18. The molecule has 0 fully saturated rings. The Labute approximate surface area is 124 Å². The third-order valence-corrected chi connectivity index (χ3v) is 3.02. The number of nitrogens with zero attached hydrogens (tertiary/aromatic N) is 2. The minimum Gasteiger partial charge on any atom is -0.352 e. The molecule has 6 nitrogen and oxygen atoms in total. The molecule has 0 atom stereocenters. The van der Waals surface area contributed by atoms with Gasteiger partial charge in [-0.05, 0) is 31.5 Å². The second-order valence-corrected chi connectivity index (χ2v) is 4.92. The quantitative estimate of drug-likeness (QED) is 0.831. The molecular weight excluding hydrogens is 268 g/mol. The third-order valence-electron chi connectivity index (χ3n) is 3.02. The molecule has 0 saturated carbocycles. The molecule has 6 heteroatoms. The number of nitrogens with one attached hydrogen (secondary N) is 1. The SMILES string of the molecule is CC(C)N(CCC#N)C(=O)c1ccc(CNC(N)=O)cc1. The largest absolute Gasteiger partial charge is 0.352 e. The van der Waals surface area contributed by atoms with Crippen molar-refractivity contribution in [2.24, 2.45) is 5.73 Å². The first-order valence-electron chi connectivity index (χ1n) is 6.76. The number of carbonyl (C=O) groups is 2. The van der Waals surface area contributed by atoms with Crippen LogP contribution in [0.2, 0.25) is 0 Å². The number of rotatable bonds is 6. The molecule has 0 radical (unpaired) electrons. The van der Waals surface area contributed by atoms with Gasteiger partial charge in [0.2, 0.25) is 0 Å². The summed E-state index contributed by atoms with van der Waals surface area (Å²) in [6, 6.07) is 8.45. The summed E-state index contributed by atoms with van der Waals surface area (Å²) >= 11 is 0. The van der Waals surface area contributed by atoms with Crippen molar-refractivity contribution in [1.82, 2.24) is 10.2 Å². The fourth-order valence-electron chi connectivity index (χ4n) is 1.88. The second-order valence-electron chi connectivity index (χ2n) is 4.92. The van der Waals surface area contributed by atoms with E-state index in [1.54, 1.807) is 29.2 Å². The van der Waals surface area contributed by atoms with Crippen molar-refractivity contribution in [2.45, 2.75) is 32.9 Å². The molecular formula is C15H20N4O2. The summed E-state index contributed by atoms with van der Waals surface area (Å²) in [5.41, 5.74) is 6.42. The first kappa shape index (κ1) is 16.5. The number of amides is 3. The van der Waals surface area contributed by atoms with E-state index in [1.807, 2.05) is 19.9 Å². The lowest BCUT2D eigenvalue weighted by Gasteiger charge is -2.26. The number of urea groups is 1. The summed E-state index contributed by atoms with van der Waals surface area (Å²) in [5, 5.41) is 11.1. The highest BCUT2D eigenvalue weighted by molar-refractivity contribution is 5.94. The first-order valence-corrected chi connectivity index (χ1v) is 6.76. The van der Waals surface area contributed by atoms with Crippen LogP contribution < -0.4 is 11.1 Å². The lowest BCUT2D eigenvalue weighted by Crippen LogP contribution is -2.37. The molecule has 0 spiro atoms. The van der Waals surface area contributed by atoms with Crippen LogP contribution in [0, 0.1) is 11.3 Å². The van der Waals surface area contributed by atoms with Crippen LogP contribution in [0.25, 0.3) is 0 Å². The summed E-state index contributed by atoms with van der Waals surface area (Å²) in [7, 11) is 0. The molecule has 0 aliphatic carbocycles. The summed E-state index contributed by atoms with van der Waals surface area (Å²) in [4.78, 5) is 24.7. The van der Waals surface area contributed by atoms with Gasteiger partial charge >= 0.3 is 6.03 Å². The average Bonchev–Trinajstić information content (AvgIpc) is 2.45. The third kappa shape index (κ3) is 5.15. The van der Waals surface area contributed by atoms with E-state index in [1.165, 1.54) is 0 Å². The highest BCUT2D eigenvalue weighted by atomic mass is 16.2. The Hall–Kier alpha value is -2.55. The van der Waals surface area contributed by atoms with E-state index in [0.29, 0.717) is 25.1 Å². The Morgan fingerprint density at radius 3 is 2.43 bits per heavy atom. The van der Waals surface area contributed by atoms with Crippen LogP contribution in [0.15, 0.2) is 24.3 Å². The van der Waals surface area contributed by atoms with Crippen molar-refractivity contribution < 1.29 is 9.59 Å². The number of nitriles is 1. The van der Waals surface area contributed by atoms with Crippen LogP contribution in [-0.4, -0.2) is 29.4 Å². The zero-order valence-corrected chi connectivity index (χ0v) is 12.3. The average molecular weight is 288 g/mol. The topological polar surface area (TPSA) is 99.2 Å². The number of hydrogen-bond acceptors (Lipinski definition) is 3. The van der Waals surface area contributed by atoms with Gasteiger partial charge in [0.25, 0.3) is 5.91 Å². The summed E-state index contributed by atoms with van der Waals surface area (Å²) in [6.45, 7) is 4.57. The van der Waals surface area contributed by atoms with Gasteiger partial charge in [-0.3, -0.25) is 4.79 Å². The number of benzene rings is 1. The van der Waals surface area contributed by atoms with Gasteiger partial charge in [0.05, 0.1) is 12.5 Å². The van der Waals surface area contributed by atoms with Gasteiger partial charge in [-0.25, -0.2) is 4.79 Å². The Kier molecular flexibility index (Phi) is 6.21. The van der Waals surface area contributed by atoms with Crippen LogP contribution >= 0.6 is 0 Å². The normalized spacial score (nSPS) is 10.0. The van der Waals surface area contributed by atoms with Gasteiger partial charge in [-0.2, -0.15) is 5.26 Å². The summed E-state index contributed by atoms with van der Waals surface area (Å²) in [6.07, 6.45) is 0.310. The zero-order valence-electron chi connectivity index (χ0n) is 12.3. The summed E-state index contributed by atoms with van der Waals surface area (Å²) in [5.74, 6) is -0.102. The molecule has 1 aromatic carbocycles. The van der Waals surface area contributed by atoms with Crippen LogP contribution in [0.1, 0.15) is 36.2 Å². The lowest BCUT2D eigenvalue weighted by atomic mass is 10.1. The molecule has 112 valence electrons. The minimum atomic E-state index is -0.586. The van der Waals surface area contributed by atoms with E-state index < -0.39 is 6.03 Å². The molecule has 1 rings (SSSR count). The second kappa shape index (κ2) is 7.90. The smallest absolute Gasteiger partial charge is 0.312 e. The Morgan fingerprint density at radius 2 is 1.95 bits per heavy atom. The Morgan fingerprint density at radius 1 is 1.33 bits per heavy atom. The number of primary amides is 1. The molecule has 0 aliphatic rings. The fourth-order valence-corrected chi connectivity index (χ4v) is 1.88.